The molecule has 72 valence electrons. The molecule has 14 heavy (non-hydrogen) atoms. The van der Waals surface area contributed by atoms with Crippen molar-refractivity contribution in [3.05, 3.63) is 34.3 Å². The Labute approximate surface area is 90.5 Å². The number of hydrogen-bond donors (Lipinski definition) is 0. The Morgan fingerprint density at radius 2 is 2.07 bits per heavy atom. The third-order valence-corrected chi connectivity index (χ3v) is 2.21. The lowest BCUT2D eigenvalue weighted by Crippen LogP contribution is -2.01. The van der Waals surface area contributed by atoms with Crippen LogP contribution in [0.2, 0.25) is 10.3 Å². The third kappa shape index (κ3) is 1.58. The molecule has 0 unspecified atom stereocenters. The van der Waals surface area contributed by atoms with Crippen molar-refractivity contribution in [2.24, 2.45) is 0 Å². The van der Waals surface area contributed by atoms with Crippen LogP contribution in [-0.2, 0) is 0 Å². The van der Waals surface area contributed by atoms with E-state index in [4.69, 9.17) is 23.2 Å². The van der Waals surface area contributed by atoms with Gasteiger partial charge in [-0.05, 0) is 13.0 Å². The Balaban J connectivity index is 2.62. The fourth-order valence-corrected chi connectivity index (χ4v) is 1.43. The van der Waals surface area contributed by atoms with E-state index in [0.29, 0.717) is 10.8 Å². The van der Waals surface area contributed by atoms with Gasteiger partial charge in [-0.1, -0.05) is 23.2 Å². The van der Waals surface area contributed by atoms with Gasteiger partial charge < -0.3 is 0 Å². The van der Waals surface area contributed by atoms with Gasteiger partial charge >= 0.3 is 0 Å². The number of aromatic nitrogens is 4. The van der Waals surface area contributed by atoms with E-state index in [2.05, 4.69) is 15.3 Å². The molecule has 0 aromatic carbocycles. The molecule has 0 amide bonds. The van der Waals surface area contributed by atoms with Crippen molar-refractivity contribution in [1.29, 1.82) is 0 Å². The average molecular weight is 229 g/mol. The molecule has 0 N–H and O–H groups in total. The minimum absolute atomic E-state index is 0.279. The van der Waals surface area contributed by atoms with Crippen molar-refractivity contribution in [3.8, 4) is 5.69 Å². The summed E-state index contributed by atoms with van der Waals surface area (Å²) in [6.07, 6.45) is 1.68. The molecule has 0 aliphatic rings. The highest BCUT2D eigenvalue weighted by Gasteiger charge is 2.08. The molecule has 4 nitrogen and oxygen atoms in total. The molecule has 6 heteroatoms. The highest BCUT2D eigenvalue weighted by Crippen LogP contribution is 2.20. The Morgan fingerprint density at radius 3 is 2.71 bits per heavy atom. The molecular weight excluding hydrogens is 223 g/mol. The maximum atomic E-state index is 5.87. The highest BCUT2D eigenvalue weighted by atomic mass is 35.5. The SMILES string of the molecule is Cc1ccnn1-c1cc(Cl)nnc1Cl. The van der Waals surface area contributed by atoms with Crippen LogP contribution < -0.4 is 0 Å². The lowest BCUT2D eigenvalue weighted by molar-refractivity contribution is 0.831. The van der Waals surface area contributed by atoms with Gasteiger partial charge in [-0.25, -0.2) is 4.68 Å². The number of rotatable bonds is 1. The van der Waals surface area contributed by atoms with Crippen LogP contribution in [0.3, 0.4) is 0 Å². The molecule has 0 radical (unpaired) electrons. The molecule has 2 aromatic rings. The van der Waals surface area contributed by atoms with Crippen LogP contribution in [0.1, 0.15) is 5.69 Å². The first-order valence-electron chi connectivity index (χ1n) is 3.88. The third-order valence-electron chi connectivity index (χ3n) is 1.76. The summed E-state index contributed by atoms with van der Waals surface area (Å²) < 4.78 is 1.66. The summed E-state index contributed by atoms with van der Waals surface area (Å²) >= 11 is 11.6. The van der Waals surface area contributed by atoms with Crippen LogP contribution in [0.5, 0.6) is 0 Å². The van der Waals surface area contributed by atoms with E-state index in [1.54, 1.807) is 16.9 Å². The van der Waals surface area contributed by atoms with Crippen molar-refractivity contribution in [2.75, 3.05) is 0 Å². The zero-order valence-corrected chi connectivity index (χ0v) is 8.79. The van der Waals surface area contributed by atoms with Crippen LogP contribution in [-0.4, -0.2) is 20.0 Å². The molecule has 0 aliphatic carbocycles. The van der Waals surface area contributed by atoms with Crippen LogP contribution in [0.25, 0.3) is 5.69 Å². The molecule has 2 heterocycles. The molecule has 0 spiro atoms. The molecule has 0 saturated carbocycles. The smallest absolute Gasteiger partial charge is 0.177 e. The number of halogens is 2. The second-order valence-electron chi connectivity index (χ2n) is 2.73. The van der Waals surface area contributed by atoms with Gasteiger partial charge in [0.25, 0.3) is 0 Å². The van der Waals surface area contributed by atoms with Gasteiger partial charge in [-0.15, -0.1) is 10.2 Å². The quantitative estimate of drug-likeness (QED) is 0.753. The second kappa shape index (κ2) is 3.55. The monoisotopic (exact) mass is 228 g/mol. The van der Waals surface area contributed by atoms with Crippen LogP contribution in [0.15, 0.2) is 18.3 Å². The summed E-state index contributed by atoms with van der Waals surface area (Å²) in [5.41, 5.74) is 1.59. The molecular formula is C8H6Cl2N4. The van der Waals surface area contributed by atoms with Crippen molar-refractivity contribution in [2.45, 2.75) is 6.92 Å². The maximum absolute atomic E-state index is 5.87. The standard InChI is InChI=1S/C8H6Cl2N4/c1-5-2-3-11-14(5)6-4-7(9)12-13-8(6)10/h2-4H,1H3. The highest BCUT2D eigenvalue weighted by molar-refractivity contribution is 6.32. The van der Waals surface area contributed by atoms with E-state index in [1.807, 2.05) is 13.0 Å². The molecule has 0 saturated heterocycles. The Morgan fingerprint density at radius 1 is 1.29 bits per heavy atom. The average Bonchev–Trinajstić information content (AvgIpc) is 2.56. The van der Waals surface area contributed by atoms with Gasteiger partial charge in [0.2, 0.25) is 0 Å². The summed E-state index contributed by atoms with van der Waals surface area (Å²) in [4.78, 5) is 0. The number of nitrogens with zero attached hydrogens (tertiary/aromatic N) is 4. The fraction of sp³-hybridized carbons (Fsp3) is 0.125. The molecule has 0 atom stereocenters. The van der Waals surface area contributed by atoms with E-state index < -0.39 is 0 Å². The van der Waals surface area contributed by atoms with E-state index in [1.165, 1.54) is 0 Å². The van der Waals surface area contributed by atoms with Gasteiger partial charge in [0.1, 0.15) is 5.69 Å². The molecule has 0 fully saturated rings. The first-order chi connectivity index (χ1) is 6.68. The molecule has 2 aromatic heterocycles. The lowest BCUT2D eigenvalue weighted by atomic mass is 10.4. The topological polar surface area (TPSA) is 43.6 Å². The normalized spacial score (nSPS) is 10.5. The van der Waals surface area contributed by atoms with Crippen LogP contribution in [0, 0.1) is 6.92 Å². The van der Waals surface area contributed by atoms with Gasteiger partial charge in [-0.3, -0.25) is 0 Å². The van der Waals surface area contributed by atoms with Gasteiger partial charge in [-0.2, -0.15) is 5.10 Å². The summed E-state index contributed by atoms with van der Waals surface area (Å²) in [7, 11) is 0. The van der Waals surface area contributed by atoms with Gasteiger partial charge in [0.05, 0.1) is 0 Å². The summed E-state index contributed by atoms with van der Waals surface area (Å²) in [6, 6.07) is 3.49. The number of aryl methyl sites for hydroxylation is 1. The predicted octanol–water partition coefficient (Wildman–Crippen LogP) is 2.28. The Hall–Kier alpha value is -1.13. The van der Waals surface area contributed by atoms with Gasteiger partial charge in [0, 0.05) is 18.0 Å². The summed E-state index contributed by atoms with van der Waals surface area (Å²) in [6.45, 7) is 1.91. The van der Waals surface area contributed by atoms with Crippen molar-refractivity contribution in [3.63, 3.8) is 0 Å². The molecule has 0 aliphatic heterocycles. The van der Waals surface area contributed by atoms with Crippen LogP contribution >= 0.6 is 23.2 Å². The van der Waals surface area contributed by atoms with Crippen molar-refractivity contribution < 1.29 is 0 Å². The van der Waals surface area contributed by atoms with Gasteiger partial charge in [0.15, 0.2) is 10.3 Å². The molecule has 0 bridgehead atoms. The van der Waals surface area contributed by atoms with E-state index in [0.717, 1.165) is 5.69 Å². The van der Waals surface area contributed by atoms with Crippen molar-refractivity contribution >= 4 is 23.2 Å². The predicted molar refractivity (Wildman–Crippen MR) is 53.9 cm³/mol. The summed E-state index contributed by atoms with van der Waals surface area (Å²) in [5, 5.41) is 12.0. The number of hydrogen-bond acceptors (Lipinski definition) is 3. The minimum Gasteiger partial charge on any atom is -0.235 e. The lowest BCUT2D eigenvalue weighted by Gasteiger charge is -2.04. The van der Waals surface area contributed by atoms with E-state index in [-0.39, 0.29) is 5.15 Å². The molecule has 2 rings (SSSR count). The first-order valence-corrected chi connectivity index (χ1v) is 4.64. The van der Waals surface area contributed by atoms with E-state index >= 15 is 0 Å². The summed E-state index contributed by atoms with van der Waals surface area (Å²) in [5.74, 6) is 0. The van der Waals surface area contributed by atoms with E-state index in [9.17, 15) is 0 Å². The Bertz CT molecular complexity index is 466. The zero-order valence-electron chi connectivity index (χ0n) is 7.28. The van der Waals surface area contributed by atoms with Crippen molar-refractivity contribution in [1.82, 2.24) is 20.0 Å². The maximum Gasteiger partial charge on any atom is 0.177 e. The zero-order chi connectivity index (χ0) is 10.1. The van der Waals surface area contributed by atoms with Crippen LogP contribution in [0.4, 0.5) is 0 Å². The second-order valence-corrected chi connectivity index (χ2v) is 3.47. The first kappa shape index (κ1) is 9.43. The largest absolute Gasteiger partial charge is 0.235 e. The Kier molecular flexibility index (Phi) is 2.39. The minimum atomic E-state index is 0.279. The fourth-order valence-electron chi connectivity index (χ4n) is 1.11.